The third-order valence-electron chi connectivity index (χ3n) is 5.32. The summed E-state index contributed by atoms with van der Waals surface area (Å²) in [6.45, 7) is 14.4. The highest BCUT2D eigenvalue weighted by Crippen LogP contribution is 2.67. The number of benzene rings is 1. The van der Waals surface area contributed by atoms with Crippen molar-refractivity contribution in [2.45, 2.75) is 58.3 Å². The molecule has 0 saturated heterocycles. The zero-order valence-electron chi connectivity index (χ0n) is 15.0. The van der Waals surface area contributed by atoms with Crippen LogP contribution in [0.3, 0.4) is 0 Å². The van der Waals surface area contributed by atoms with Gasteiger partial charge in [0, 0.05) is 28.5 Å². The van der Waals surface area contributed by atoms with Crippen LogP contribution in [-0.2, 0) is 9.36 Å². The molecule has 0 bridgehead atoms. The van der Waals surface area contributed by atoms with Crippen molar-refractivity contribution >= 4 is 18.2 Å². The number of ketones is 1. The molecular formula is C20H29O2P. The molecule has 0 aromatic heterocycles. The monoisotopic (exact) mass is 332 g/mol. The van der Waals surface area contributed by atoms with Crippen LogP contribution in [0, 0.1) is 11.8 Å². The molecule has 0 spiro atoms. The highest BCUT2D eigenvalue weighted by Gasteiger charge is 2.53. The maximum absolute atomic E-state index is 14.3. The SMILES string of the molecule is C=C1C[C@H](C(=O)CC)[C@@H](C)[C@@H]1P(=O)(c1ccccc1)C(C)(C)C. The van der Waals surface area contributed by atoms with Gasteiger partial charge in [-0.1, -0.05) is 77.1 Å². The molecule has 23 heavy (non-hydrogen) atoms. The van der Waals surface area contributed by atoms with Crippen LogP contribution < -0.4 is 5.30 Å². The molecule has 126 valence electrons. The molecule has 0 radical (unpaired) electrons. The van der Waals surface area contributed by atoms with Gasteiger partial charge in [0.05, 0.1) is 0 Å². The lowest BCUT2D eigenvalue weighted by Gasteiger charge is -2.39. The Bertz CT molecular complexity index is 639. The van der Waals surface area contributed by atoms with Crippen molar-refractivity contribution in [3.63, 3.8) is 0 Å². The van der Waals surface area contributed by atoms with Gasteiger partial charge >= 0.3 is 0 Å². The largest absolute Gasteiger partial charge is 0.317 e. The standard InChI is InChI=1S/C20H29O2P/c1-7-18(21)17-13-14(2)19(15(17)3)23(22,20(4,5)6)16-11-9-8-10-12-16/h8-12,15,17,19H,2,7,13H2,1,3-6H3/t15-,17+,19-,23?/m1/s1. The summed E-state index contributed by atoms with van der Waals surface area (Å²) < 4.78 is 14.3. The van der Waals surface area contributed by atoms with E-state index in [2.05, 4.69) is 34.3 Å². The lowest BCUT2D eigenvalue weighted by atomic mass is 9.92. The first-order valence-electron chi connectivity index (χ1n) is 8.50. The number of carbonyl (C=O) groups excluding carboxylic acids is 1. The van der Waals surface area contributed by atoms with E-state index >= 15 is 0 Å². The minimum atomic E-state index is -2.75. The number of rotatable bonds is 4. The summed E-state index contributed by atoms with van der Waals surface area (Å²) in [5, 5.41) is 0.551. The zero-order chi connectivity index (χ0) is 17.4. The van der Waals surface area contributed by atoms with E-state index in [9.17, 15) is 9.36 Å². The maximum atomic E-state index is 14.3. The highest BCUT2D eigenvalue weighted by atomic mass is 31.2. The minimum absolute atomic E-state index is 0.0307. The Kier molecular flexibility index (Phi) is 5.06. The molecule has 1 saturated carbocycles. The number of allylic oxidation sites excluding steroid dienone is 1. The van der Waals surface area contributed by atoms with Gasteiger partial charge < -0.3 is 4.57 Å². The molecular weight excluding hydrogens is 303 g/mol. The molecule has 1 unspecified atom stereocenters. The van der Waals surface area contributed by atoms with Crippen LogP contribution in [0.4, 0.5) is 0 Å². The van der Waals surface area contributed by atoms with Gasteiger partial charge in [-0.15, -0.1) is 0 Å². The van der Waals surface area contributed by atoms with Gasteiger partial charge in [-0.05, 0) is 12.3 Å². The van der Waals surface area contributed by atoms with Crippen molar-refractivity contribution in [1.82, 2.24) is 0 Å². The van der Waals surface area contributed by atoms with Crippen LogP contribution in [0.1, 0.15) is 47.5 Å². The van der Waals surface area contributed by atoms with E-state index in [1.807, 2.05) is 37.3 Å². The van der Waals surface area contributed by atoms with Gasteiger partial charge in [-0.2, -0.15) is 0 Å². The van der Waals surface area contributed by atoms with Crippen molar-refractivity contribution in [2.24, 2.45) is 11.8 Å². The van der Waals surface area contributed by atoms with E-state index in [1.54, 1.807) is 0 Å². The van der Waals surface area contributed by atoms with E-state index in [0.29, 0.717) is 12.8 Å². The lowest BCUT2D eigenvalue weighted by molar-refractivity contribution is -0.123. The average Bonchev–Trinajstić information content (AvgIpc) is 2.80. The Balaban J connectivity index is 2.56. The fraction of sp³-hybridized carbons (Fsp3) is 0.550. The summed E-state index contributed by atoms with van der Waals surface area (Å²) >= 11 is 0. The second kappa shape index (κ2) is 6.40. The molecule has 2 rings (SSSR count). The Hall–Kier alpha value is -1.14. The minimum Gasteiger partial charge on any atom is -0.317 e. The average molecular weight is 332 g/mol. The molecule has 1 aromatic carbocycles. The van der Waals surface area contributed by atoms with Crippen molar-refractivity contribution < 1.29 is 9.36 Å². The lowest BCUT2D eigenvalue weighted by Crippen LogP contribution is -2.34. The maximum Gasteiger partial charge on any atom is 0.136 e. The number of hydrogen-bond donors (Lipinski definition) is 0. The highest BCUT2D eigenvalue weighted by molar-refractivity contribution is 7.74. The van der Waals surface area contributed by atoms with Crippen LogP contribution in [0.5, 0.6) is 0 Å². The topological polar surface area (TPSA) is 34.1 Å². The molecule has 1 fully saturated rings. The van der Waals surface area contributed by atoms with E-state index in [0.717, 1.165) is 10.9 Å². The van der Waals surface area contributed by atoms with E-state index in [-0.39, 0.29) is 28.4 Å². The van der Waals surface area contributed by atoms with Crippen molar-refractivity contribution in [2.75, 3.05) is 0 Å². The summed E-state index contributed by atoms with van der Waals surface area (Å²) in [5.41, 5.74) is 0.886. The van der Waals surface area contributed by atoms with Crippen LogP contribution in [0.2, 0.25) is 0 Å². The second-order valence-electron chi connectivity index (χ2n) is 7.76. The van der Waals surface area contributed by atoms with Crippen LogP contribution in [0.15, 0.2) is 42.5 Å². The third-order valence-corrected chi connectivity index (χ3v) is 10.0. The first-order chi connectivity index (χ1) is 10.6. The predicted molar refractivity (Wildman–Crippen MR) is 98.9 cm³/mol. The molecule has 0 aliphatic heterocycles. The molecule has 1 aliphatic rings. The molecule has 3 heteroatoms. The molecule has 2 nitrogen and oxygen atoms in total. The van der Waals surface area contributed by atoms with Gasteiger partial charge in [-0.25, -0.2) is 0 Å². The zero-order valence-corrected chi connectivity index (χ0v) is 15.9. The Labute approximate surface area is 140 Å². The Morgan fingerprint density at radius 2 is 1.83 bits per heavy atom. The van der Waals surface area contributed by atoms with Crippen molar-refractivity contribution in [3.8, 4) is 0 Å². The molecule has 0 heterocycles. The van der Waals surface area contributed by atoms with Crippen molar-refractivity contribution in [1.29, 1.82) is 0 Å². The van der Waals surface area contributed by atoms with E-state index in [4.69, 9.17) is 0 Å². The Morgan fingerprint density at radius 1 is 1.26 bits per heavy atom. The second-order valence-corrected chi connectivity index (χ2v) is 11.5. The normalized spacial score (nSPS) is 27.7. The molecule has 1 aliphatic carbocycles. The third kappa shape index (κ3) is 2.98. The van der Waals surface area contributed by atoms with Gasteiger partial charge in [0.1, 0.15) is 12.9 Å². The van der Waals surface area contributed by atoms with Gasteiger partial charge in [-0.3, -0.25) is 4.79 Å². The van der Waals surface area contributed by atoms with Crippen molar-refractivity contribution in [3.05, 3.63) is 42.5 Å². The van der Waals surface area contributed by atoms with E-state index < -0.39 is 7.14 Å². The Morgan fingerprint density at radius 3 is 2.30 bits per heavy atom. The number of carbonyl (C=O) groups is 1. The quantitative estimate of drug-likeness (QED) is 0.572. The molecule has 4 atom stereocenters. The fourth-order valence-electron chi connectivity index (χ4n) is 4.05. The molecule has 1 aromatic rings. The number of Topliss-reactive ketones (excluding diaryl/α,β-unsaturated/α-hetero) is 1. The van der Waals surface area contributed by atoms with Gasteiger partial charge in [0.25, 0.3) is 0 Å². The first kappa shape index (κ1) is 18.2. The van der Waals surface area contributed by atoms with Crippen LogP contribution >= 0.6 is 7.14 Å². The predicted octanol–water partition coefficient (Wildman–Crippen LogP) is 5.03. The summed E-state index contributed by atoms with van der Waals surface area (Å²) in [4.78, 5) is 12.3. The molecule has 0 N–H and O–H groups in total. The summed E-state index contributed by atoms with van der Waals surface area (Å²) in [6, 6.07) is 9.80. The molecule has 0 amide bonds. The van der Waals surface area contributed by atoms with Gasteiger partial charge in [0.2, 0.25) is 0 Å². The van der Waals surface area contributed by atoms with E-state index in [1.165, 1.54) is 0 Å². The number of hydrogen-bond acceptors (Lipinski definition) is 2. The smallest absolute Gasteiger partial charge is 0.136 e. The summed E-state index contributed by atoms with van der Waals surface area (Å²) in [6.07, 6.45) is 1.23. The van der Waals surface area contributed by atoms with Crippen LogP contribution in [0.25, 0.3) is 0 Å². The fourth-order valence-corrected chi connectivity index (χ4v) is 8.09. The first-order valence-corrected chi connectivity index (χ1v) is 10.3. The van der Waals surface area contributed by atoms with Crippen LogP contribution in [-0.4, -0.2) is 16.6 Å². The van der Waals surface area contributed by atoms with Gasteiger partial charge in [0.15, 0.2) is 0 Å². The summed E-state index contributed by atoms with van der Waals surface area (Å²) in [5.74, 6) is 0.326. The summed E-state index contributed by atoms with van der Waals surface area (Å²) in [7, 11) is -2.75.